The van der Waals surface area contributed by atoms with E-state index in [2.05, 4.69) is 4.99 Å². The number of carbonyl (C=O) groups is 1. The Morgan fingerprint density at radius 2 is 1.83 bits per heavy atom. The number of thioether (sulfide) groups is 1. The number of likely N-dealkylation sites (N-methyl/N-ethyl adjacent to an activating group) is 1. The van der Waals surface area contributed by atoms with Crippen molar-refractivity contribution in [2.24, 2.45) is 4.99 Å². The van der Waals surface area contributed by atoms with Crippen LogP contribution in [0.3, 0.4) is 0 Å². The van der Waals surface area contributed by atoms with Crippen molar-refractivity contribution in [3.8, 4) is 5.75 Å². The number of benzene rings is 2. The molecule has 0 aliphatic carbocycles. The van der Waals surface area contributed by atoms with E-state index in [1.807, 2.05) is 66.7 Å². The predicted octanol–water partition coefficient (Wildman–Crippen LogP) is 5.67. The molecule has 1 amide bonds. The van der Waals surface area contributed by atoms with Gasteiger partial charge in [0, 0.05) is 18.0 Å². The number of methoxy groups -OCH3 is 1. The molecule has 0 radical (unpaired) electrons. The fourth-order valence-corrected chi connectivity index (χ4v) is 4.39. The first kappa shape index (κ1) is 19.4. The van der Waals surface area contributed by atoms with Gasteiger partial charge in [0.15, 0.2) is 10.3 Å². The summed E-state index contributed by atoms with van der Waals surface area (Å²) in [5.41, 5.74) is 0.758. The van der Waals surface area contributed by atoms with Gasteiger partial charge in [0.25, 0.3) is 5.91 Å². The molecule has 0 atom stereocenters. The van der Waals surface area contributed by atoms with Crippen molar-refractivity contribution in [3.63, 3.8) is 0 Å². The summed E-state index contributed by atoms with van der Waals surface area (Å²) in [6, 6.07) is 21.2. The molecule has 3 aromatic rings. The van der Waals surface area contributed by atoms with Gasteiger partial charge in [0.2, 0.25) is 0 Å². The van der Waals surface area contributed by atoms with Crippen LogP contribution in [0.25, 0.3) is 6.08 Å². The highest BCUT2D eigenvalue weighted by atomic mass is 32.2. The van der Waals surface area contributed by atoms with Crippen LogP contribution in [0.1, 0.15) is 5.76 Å². The topological polar surface area (TPSA) is 55.0 Å². The summed E-state index contributed by atoms with van der Waals surface area (Å²) in [7, 11) is 3.34. The summed E-state index contributed by atoms with van der Waals surface area (Å²) < 4.78 is 11.0. The van der Waals surface area contributed by atoms with E-state index in [0.717, 1.165) is 21.4 Å². The van der Waals surface area contributed by atoms with Crippen molar-refractivity contribution in [2.45, 2.75) is 9.99 Å². The second-order valence-corrected chi connectivity index (χ2v) is 8.23. The highest BCUT2D eigenvalue weighted by Crippen LogP contribution is 2.35. The minimum absolute atomic E-state index is 0.101. The summed E-state index contributed by atoms with van der Waals surface area (Å²) in [4.78, 5) is 20.4. The molecule has 29 heavy (non-hydrogen) atoms. The lowest BCUT2D eigenvalue weighted by Gasteiger charge is -2.07. The van der Waals surface area contributed by atoms with Crippen LogP contribution in [-0.2, 0) is 4.79 Å². The van der Waals surface area contributed by atoms with E-state index in [1.165, 1.54) is 11.8 Å². The number of nitrogens with zero attached hydrogens (tertiary/aromatic N) is 2. The number of rotatable bonds is 5. The molecule has 146 valence electrons. The summed E-state index contributed by atoms with van der Waals surface area (Å²) in [5, 5.41) is 1.40. The van der Waals surface area contributed by atoms with Crippen LogP contribution in [0.4, 0.5) is 5.69 Å². The first-order valence-electron chi connectivity index (χ1n) is 8.85. The average Bonchev–Trinajstić information content (AvgIpc) is 3.29. The van der Waals surface area contributed by atoms with Crippen LogP contribution in [0.5, 0.6) is 5.75 Å². The summed E-state index contributed by atoms with van der Waals surface area (Å²) in [6.45, 7) is 0. The molecular formula is C22H18N2O3S2. The number of aliphatic imine (C=N–C) groups is 1. The van der Waals surface area contributed by atoms with Crippen LogP contribution in [-0.4, -0.2) is 30.1 Å². The first-order valence-corrected chi connectivity index (χ1v) is 10.5. The maximum atomic E-state index is 12.6. The monoisotopic (exact) mass is 422 g/mol. The Kier molecular flexibility index (Phi) is 5.78. The molecule has 0 saturated carbocycles. The molecule has 0 spiro atoms. The SMILES string of the molecule is COc1ccc(N=C2SC(=Cc3ccc(Sc4ccccc4)o3)C(=O)N2C)cc1. The Bertz CT molecular complexity index is 1070. The number of carbonyl (C=O) groups excluding carboxylic acids is 1. The Morgan fingerprint density at radius 1 is 1.07 bits per heavy atom. The molecule has 1 aromatic heterocycles. The molecule has 0 N–H and O–H groups in total. The average molecular weight is 423 g/mol. The molecule has 0 unspecified atom stereocenters. The van der Waals surface area contributed by atoms with E-state index < -0.39 is 0 Å². The van der Waals surface area contributed by atoms with E-state index in [0.29, 0.717) is 15.8 Å². The summed E-state index contributed by atoms with van der Waals surface area (Å²) in [6.07, 6.45) is 1.76. The van der Waals surface area contributed by atoms with E-state index in [1.54, 1.807) is 36.9 Å². The number of amidine groups is 1. The fraction of sp³-hybridized carbons (Fsp3) is 0.0909. The van der Waals surface area contributed by atoms with Crippen LogP contribution in [0.15, 0.2) is 91.0 Å². The van der Waals surface area contributed by atoms with Crippen LogP contribution in [0.2, 0.25) is 0 Å². The van der Waals surface area contributed by atoms with Gasteiger partial charge in [-0.1, -0.05) is 30.0 Å². The molecule has 5 nitrogen and oxygen atoms in total. The van der Waals surface area contributed by atoms with Crippen molar-refractivity contribution in [2.75, 3.05) is 14.2 Å². The molecule has 2 aromatic carbocycles. The minimum atomic E-state index is -0.101. The lowest BCUT2D eigenvalue weighted by Crippen LogP contribution is -2.23. The Hall–Kier alpha value is -2.90. The van der Waals surface area contributed by atoms with Crippen molar-refractivity contribution in [1.29, 1.82) is 0 Å². The third-order valence-electron chi connectivity index (χ3n) is 4.14. The number of amides is 1. The number of furan rings is 1. The molecule has 1 fully saturated rings. The van der Waals surface area contributed by atoms with Crippen molar-refractivity contribution >= 4 is 46.4 Å². The first-order chi connectivity index (χ1) is 14.1. The zero-order valence-electron chi connectivity index (χ0n) is 15.9. The second-order valence-electron chi connectivity index (χ2n) is 6.14. The van der Waals surface area contributed by atoms with Gasteiger partial charge >= 0.3 is 0 Å². The predicted molar refractivity (Wildman–Crippen MR) is 118 cm³/mol. The van der Waals surface area contributed by atoms with Crippen molar-refractivity contribution in [1.82, 2.24) is 4.90 Å². The minimum Gasteiger partial charge on any atom is -0.497 e. The van der Waals surface area contributed by atoms with Crippen LogP contribution < -0.4 is 4.74 Å². The smallest absolute Gasteiger partial charge is 0.266 e. The Balaban J connectivity index is 1.51. The highest BCUT2D eigenvalue weighted by Gasteiger charge is 2.30. The lowest BCUT2D eigenvalue weighted by molar-refractivity contribution is -0.121. The van der Waals surface area contributed by atoms with E-state index in [9.17, 15) is 4.79 Å². The van der Waals surface area contributed by atoms with Gasteiger partial charge in [-0.25, -0.2) is 4.99 Å². The van der Waals surface area contributed by atoms with E-state index in [4.69, 9.17) is 9.15 Å². The zero-order valence-corrected chi connectivity index (χ0v) is 17.5. The van der Waals surface area contributed by atoms with Crippen LogP contribution >= 0.6 is 23.5 Å². The quantitative estimate of drug-likeness (QED) is 0.496. The number of hydrogen-bond donors (Lipinski definition) is 0. The van der Waals surface area contributed by atoms with Crippen molar-refractivity contribution in [3.05, 3.63) is 77.4 Å². The maximum absolute atomic E-state index is 12.6. The molecule has 7 heteroatoms. The Labute approximate surface area is 177 Å². The fourth-order valence-electron chi connectivity index (χ4n) is 2.62. The molecule has 1 aliphatic heterocycles. The third kappa shape index (κ3) is 4.58. The van der Waals surface area contributed by atoms with Gasteiger partial charge in [0.1, 0.15) is 11.5 Å². The van der Waals surface area contributed by atoms with Gasteiger partial charge in [-0.05, 0) is 60.3 Å². The van der Waals surface area contributed by atoms with Gasteiger partial charge in [0.05, 0.1) is 17.7 Å². The molecular weight excluding hydrogens is 404 g/mol. The third-order valence-corrected chi connectivity index (χ3v) is 6.13. The van der Waals surface area contributed by atoms with Crippen molar-refractivity contribution < 1.29 is 13.9 Å². The molecule has 2 heterocycles. The lowest BCUT2D eigenvalue weighted by atomic mass is 10.3. The van der Waals surface area contributed by atoms with Crippen LogP contribution in [0, 0.1) is 0 Å². The summed E-state index contributed by atoms with van der Waals surface area (Å²) >= 11 is 2.87. The van der Waals surface area contributed by atoms with Gasteiger partial charge in [-0.15, -0.1) is 0 Å². The zero-order chi connectivity index (χ0) is 20.2. The molecule has 0 bridgehead atoms. The number of ether oxygens (including phenoxy) is 1. The largest absolute Gasteiger partial charge is 0.497 e. The van der Waals surface area contributed by atoms with Gasteiger partial charge < -0.3 is 9.15 Å². The van der Waals surface area contributed by atoms with E-state index >= 15 is 0 Å². The van der Waals surface area contributed by atoms with E-state index in [-0.39, 0.29) is 5.91 Å². The Morgan fingerprint density at radius 3 is 2.55 bits per heavy atom. The van der Waals surface area contributed by atoms with Gasteiger partial charge in [-0.3, -0.25) is 9.69 Å². The highest BCUT2D eigenvalue weighted by molar-refractivity contribution is 8.18. The maximum Gasteiger partial charge on any atom is 0.266 e. The number of hydrogen-bond acceptors (Lipinski definition) is 6. The molecule has 1 saturated heterocycles. The standard InChI is InChI=1S/C22H18N2O3S2/c1-24-21(25)19(29-22(24)23-15-8-10-16(26-2)11-9-15)14-17-12-13-20(27-17)28-18-6-4-3-5-7-18/h3-14H,1-2H3. The molecule has 1 aliphatic rings. The normalized spacial score (nSPS) is 16.8. The molecule has 4 rings (SSSR count). The second kappa shape index (κ2) is 8.63. The summed E-state index contributed by atoms with van der Waals surface area (Å²) in [5.74, 6) is 1.30. The van der Waals surface area contributed by atoms with Gasteiger partial charge in [-0.2, -0.15) is 0 Å².